The largest absolute Gasteiger partial charge is 0.508 e. The highest BCUT2D eigenvalue weighted by Crippen LogP contribution is 2.29. The van der Waals surface area contributed by atoms with Gasteiger partial charge in [0, 0.05) is 28.4 Å². The Morgan fingerprint density at radius 1 is 0.719 bits per heavy atom. The number of benzene rings is 2. The summed E-state index contributed by atoms with van der Waals surface area (Å²) in [6.07, 6.45) is 3.43. The molecule has 2 heterocycles. The van der Waals surface area contributed by atoms with E-state index < -0.39 is 7.12 Å². The van der Waals surface area contributed by atoms with E-state index in [-0.39, 0.29) is 22.0 Å². The zero-order valence-electron chi connectivity index (χ0n) is 16.5. The minimum absolute atomic E-state index is 0.0440. The van der Waals surface area contributed by atoms with Gasteiger partial charge >= 0.3 is 7.12 Å². The molecule has 4 aromatic rings. The van der Waals surface area contributed by atoms with Gasteiger partial charge in [0.05, 0.1) is 10.7 Å². The molecular weight excluding hydrogens is 518 g/mol. The molecule has 0 fully saturated rings. The van der Waals surface area contributed by atoms with E-state index in [4.69, 9.17) is 38.4 Å². The van der Waals surface area contributed by atoms with Crippen molar-refractivity contribution in [2.45, 2.75) is 0 Å². The summed E-state index contributed by atoms with van der Waals surface area (Å²) >= 11 is 14.7. The maximum absolute atomic E-state index is 9.31. The third-order valence-electron chi connectivity index (χ3n) is 3.78. The molecule has 0 bridgehead atoms. The second kappa shape index (κ2) is 13.1. The molecule has 0 aliphatic rings. The molecule has 0 atom stereocenters. The molecule has 2 aromatic heterocycles. The number of phenols is 2. The van der Waals surface area contributed by atoms with Crippen LogP contribution in [0.15, 0.2) is 89.8 Å². The first-order chi connectivity index (χ1) is 15.3. The first-order valence-electron chi connectivity index (χ1n) is 9.09. The topological polar surface area (TPSA) is 107 Å². The van der Waals surface area contributed by atoms with Gasteiger partial charge in [-0.3, -0.25) is 4.98 Å². The Bertz CT molecular complexity index is 1120. The third-order valence-corrected chi connectivity index (χ3v) is 4.92. The average Bonchev–Trinajstić information content (AvgIpc) is 2.79. The first kappa shape index (κ1) is 25.6. The minimum atomic E-state index is -1.64. The Hall–Kier alpha value is -2.62. The molecule has 10 heteroatoms. The molecule has 0 unspecified atom stereocenters. The molecule has 6 nitrogen and oxygen atoms in total. The SMILES string of the molecule is Brc1ccccn1.OB(O)c1cc(O)ccc1Cl.Oc1ccc(Cl)c(-c2ccccn2)c1. The van der Waals surface area contributed by atoms with E-state index >= 15 is 0 Å². The van der Waals surface area contributed by atoms with Crippen molar-refractivity contribution < 1.29 is 20.3 Å². The number of nitrogens with zero attached hydrogens (tertiary/aromatic N) is 2. The highest BCUT2D eigenvalue weighted by atomic mass is 79.9. The summed E-state index contributed by atoms with van der Waals surface area (Å²) in [5.74, 6) is 0.146. The fourth-order valence-corrected chi connectivity index (χ4v) is 3.00. The molecule has 0 spiro atoms. The van der Waals surface area contributed by atoms with Gasteiger partial charge in [0.1, 0.15) is 16.1 Å². The van der Waals surface area contributed by atoms with E-state index in [0.29, 0.717) is 5.02 Å². The lowest BCUT2D eigenvalue weighted by Crippen LogP contribution is -2.30. The van der Waals surface area contributed by atoms with Crippen LogP contribution in [0.25, 0.3) is 11.3 Å². The van der Waals surface area contributed by atoms with Crippen LogP contribution in [0.2, 0.25) is 10.0 Å². The average molecular weight is 536 g/mol. The van der Waals surface area contributed by atoms with Gasteiger partial charge in [-0.05, 0) is 76.6 Å². The predicted octanol–water partition coefficient (Wildman–Crippen LogP) is 4.68. The van der Waals surface area contributed by atoms with Gasteiger partial charge in [-0.2, -0.15) is 0 Å². The van der Waals surface area contributed by atoms with Crippen LogP contribution in [0.1, 0.15) is 0 Å². The van der Waals surface area contributed by atoms with E-state index in [0.717, 1.165) is 15.9 Å². The van der Waals surface area contributed by atoms with Gasteiger partial charge < -0.3 is 20.3 Å². The Labute approximate surface area is 204 Å². The molecule has 164 valence electrons. The lowest BCUT2D eigenvalue weighted by molar-refractivity contribution is 0.424. The van der Waals surface area contributed by atoms with E-state index in [2.05, 4.69) is 25.9 Å². The van der Waals surface area contributed by atoms with Crippen molar-refractivity contribution in [3.63, 3.8) is 0 Å². The number of pyridine rings is 2. The van der Waals surface area contributed by atoms with Gasteiger partial charge in [-0.15, -0.1) is 0 Å². The summed E-state index contributed by atoms with van der Waals surface area (Å²) in [6, 6.07) is 20.0. The van der Waals surface area contributed by atoms with Crippen LogP contribution in [0, 0.1) is 0 Å². The third kappa shape index (κ3) is 8.49. The van der Waals surface area contributed by atoms with Crippen LogP contribution in [0.4, 0.5) is 0 Å². The van der Waals surface area contributed by atoms with Crippen molar-refractivity contribution in [3.05, 3.63) is 99.8 Å². The van der Waals surface area contributed by atoms with Gasteiger partial charge in [-0.25, -0.2) is 4.98 Å². The Kier molecular flexibility index (Phi) is 10.5. The van der Waals surface area contributed by atoms with Crippen molar-refractivity contribution >= 4 is 51.7 Å². The van der Waals surface area contributed by atoms with Crippen LogP contribution in [-0.4, -0.2) is 37.3 Å². The van der Waals surface area contributed by atoms with Gasteiger partial charge in [0.25, 0.3) is 0 Å². The molecule has 0 aliphatic carbocycles. The maximum Gasteiger partial charge on any atom is 0.490 e. The lowest BCUT2D eigenvalue weighted by atomic mass is 9.80. The summed E-state index contributed by atoms with van der Waals surface area (Å²) in [6.45, 7) is 0. The number of hydrogen-bond acceptors (Lipinski definition) is 6. The molecule has 0 saturated carbocycles. The highest BCUT2D eigenvalue weighted by molar-refractivity contribution is 9.10. The lowest BCUT2D eigenvalue weighted by Gasteiger charge is -2.03. The second-order valence-electron chi connectivity index (χ2n) is 6.11. The smallest absolute Gasteiger partial charge is 0.490 e. The molecule has 32 heavy (non-hydrogen) atoms. The Balaban J connectivity index is 0.000000180. The standard InChI is InChI=1S/C11H8ClNO.C6H6BClO3.C5H4BrN/c12-10-5-4-8(14)7-9(10)11-3-1-2-6-13-11;8-6-2-1-4(9)3-5(6)7(10)11;6-5-3-1-2-4-7-5/h1-7,14H;1-3,9-11H;1-4H. The molecule has 0 radical (unpaired) electrons. The number of aromatic hydroxyl groups is 2. The number of aromatic nitrogens is 2. The van der Waals surface area contributed by atoms with Crippen molar-refractivity contribution in [1.29, 1.82) is 0 Å². The quantitative estimate of drug-likeness (QED) is 0.219. The Morgan fingerprint density at radius 3 is 1.78 bits per heavy atom. The van der Waals surface area contributed by atoms with Crippen LogP contribution in [-0.2, 0) is 0 Å². The van der Waals surface area contributed by atoms with Gasteiger partial charge in [0.15, 0.2) is 0 Å². The fourth-order valence-electron chi connectivity index (χ4n) is 2.30. The van der Waals surface area contributed by atoms with Crippen LogP contribution >= 0.6 is 39.1 Å². The van der Waals surface area contributed by atoms with Gasteiger partial charge in [0.2, 0.25) is 0 Å². The minimum Gasteiger partial charge on any atom is -0.508 e. The molecule has 0 aliphatic heterocycles. The molecule has 4 rings (SSSR count). The van der Waals surface area contributed by atoms with E-state index in [1.807, 2.05) is 36.4 Å². The zero-order chi connectivity index (χ0) is 23.5. The van der Waals surface area contributed by atoms with E-state index in [9.17, 15) is 5.11 Å². The summed E-state index contributed by atoms with van der Waals surface area (Å²) < 4.78 is 0.884. The number of halogens is 3. The monoisotopic (exact) mass is 534 g/mol. The van der Waals surface area contributed by atoms with E-state index in [1.165, 1.54) is 18.2 Å². The number of rotatable bonds is 2. The normalized spacial score (nSPS) is 9.66. The predicted molar refractivity (Wildman–Crippen MR) is 131 cm³/mol. The summed E-state index contributed by atoms with van der Waals surface area (Å²) in [5.41, 5.74) is 1.60. The highest BCUT2D eigenvalue weighted by Gasteiger charge is 2.15. The van der Waals surface area contributed by atoms with Gasteiger partial charge in [-0.1, -0.05) is 35.3 Å². The van der Waals surface area contributed by atoms with Crippen LogP contribution < -0.4 is 5.46 Å². The number of hydrogen-bond donors (Lipinski definition) is 4. The molecule has 0 amide bonds. The Morgan fingerprint density at radius 2 is 1.31 bits per heavy atom. The second-order valence-corrected chi connectivity index (χ2v) is 7.74. The van der Waals surface area contributed by atoms with Crippen molar-refractivity contribution in [2.75, 3.05) is 0 Å². The molecule has 0 saturated heterocycles. The summed E-state index contributed by atoms with van der Waals surface area (Å²) in [4.78, 5) is 8.05. The van der Waals surface area contributed by atoms with Crippen molar-refractivity contribution in [2.24, 2.45) is 0 Å². The van der Waals surface area contributed by atoms with Crippen molar-refractivity contribution in [3.8, 4) is 22.8 Å². The maximum atomic E-state index is 9.31. The zero-order valence-corrected chi connectivity index (χ0v) is 19.6. The van der Waals surface area contributed by atoms with Crippen LogP contribution in [0.3, 0.4) is 0 Å². The van der Waals surface area contributed by atoms with Crippen molar-refractivity contribution in [1.82, 2.24) is 9.97 Å². The molecule has 4 N–H and O–H groups in total. The van der Waals surface area contributed by atoms with Crippen LogP contribution in [0.5, 0.6) is 11.5 Å². The first-order valence-corrected chi connectivity index (χ1v) is 10.6. The molecule has 2 aromatic carbocycles. The summed E-state index contributed by atoms with van der Waals surface area (Å²) in [5, 5.41) is 36.4. The summed E-state index contributed by atoms with van der Waals surface area (Å²) in [7, 11) is -1.64. The van der Waals surface area contributed by atoms with E-state index in [1.54, 1.807) is 30.6 Å². The number of phenolic OH excluding ortho intramolecular Hbond substituents is 2. The molecular formula is C22H18BBrCl2N2O4. The fraction of sp³-hybridized carbons (Fsp3) is 0.